The first-order valence-electron chi connectivity index (χ1n) is 6.74. The number of rotatable bonds is 3. The van der Waals surface area contributed by atoms with E-state index >= 15 is 0 Å². The molecule has 0 saturated carbocycles. The molecule has 3 rings (SSSR count). The maximum Gasteiger partial charge on any atom is 0.255 e. The minimum atomic E-state index is -0.554. The van der Waals surface area contributed by atoms with Gasteiger partial charge in [0.1, 0.15) is 5.82 Å². The summed E-state index contributed by atoms with van der Waals surface area (Å²) < 4.78 is 19.4. The van der Waals surface area contributed by atoms with E-state index in [4.69, 9.17) is 4.74 Å². The van der Waals surface area contributed by atoms with Crippen molar-refractivity contribution < 1.29 is 13.9 Å². The number of hydrogen-bond donors (Lipinski definition) is 2. The van der Waals surface area contributed by atoms with Gasteiger partial charge in [0.05, 0.1) is 29.4 Å². The van der Waals surface area contributed by atoms with Crippen LogP contribution in [0.5, 0.6) is 0 Å². The van der Waals surface area contributed by atoms with Crippen LogP contribution in [0.2, 0.25) is 0 Å². The molecule has 112 valence electrons. The number of hydrogen-bond acceptors (Lipinski definition) is 4. The molecule has 1 aromatic heterocycles. The summed E-state index contributed by atoms with van der Waals surface area (Å²) in [7, 11) is 3.57. The summed E-state index contributed by atoms with van der Waals surface area (Å²) in [6.45, 7) is 1.41. The zero-order valence-corrected chi connectivity index (χ0v) is 11.9. The number of aromatic nitrogens is 2. The van der Waals surface area contributed by atoms with Crippen LogP contribution < -0.4 is 5.32 Å². The highest BCUT2D eigenvalue weighted by molar-refractivity contribution is 6.06. The Morgan fingerprint density at radius 2 is 2.33 bits per heavy atom. The predicted octanol–water partition coefficient (Wildman–Crippen LogP) is 0.761. The zero-order chi connectivity index (χ0) is 15.0. The molecule has 0 radical (unpaired) electrons. The van der Waals surface area contributed by atoms with E-state index in [1.54, 1.807) is 13.2 Å². The Labute approximate surface area is 121 Å². The Morgan fingerprint density at radius 1 is 1.52 bits per heavy atom. The minimum absolute atomic E-state index is 0.0191. The molecule has 0 bridgehead atoms. The van der Waals surface area contributed by atoms with Crippen molar-refractivity contribution in [3.05, 3.63) is 29.7 Å². The van der Waals surface area contributed by atoms with Gasteiger partial charge in [0.25, 0.3) is 5.91 Å². The molecule has 2 atom stereocenters. The number of methoxy groups -OCH3 is 1. The number of benzene rings is 1. The van der Waals surface area contributed by atoms with Crippen LogP contribution in [-0.2, 0) is 4.74 Å². The number of carbonyl (C=O) groups is 1. The van der Waals surface area contributed by atoms with Crippen molar-refractivity contribution >= 4 is 16.8 Å². The molecule has 2 aromatic rings. The molecule has 1 fully saturated rings. The maximum atomic E-state index is 14.0. The highest BCUT2D eigenvalue weighted by Crippen LogP contribution is 2.20. The lowest BCUT2D eigenvalue weighted by Crippen LogP contribution is -2.43. The summed E-state index contributed by atoms with van der Waals surface area (Å²) in [5.41, 5.74) is 0.652. The number of H-pyrrole nitrogens is 1. The summed E-state index contributed by atoms with van der Waals surface area (Å²) >= 11 is 0. The molecule has 21 heavy (non-hydrogen) atoms. The Hall–Kier alpha value is -1.99. The molecule has 1 aromatic carbocycles. The van der Waals surface area contributed by atoms with Gasteiger partial charge in [0, 0.05) is 25.6 Å². The first-order chi connectivity index (χ1) is 10.1. The lowest BCUT2D eigenvalue weighted by atomic mass is 10.1. The van der Waals surface area contributed by atoms with E-state index in [9.17, 15) is 9.18 Å². The number of nitrogens with one attached hydrogen (secondary N) is 2. The zero-order valence-electron chi connectivity index (χ0n) is 11.9. The van der Waals surface area contributed by atoms with Gasteiger partial charge in [-0.3, -0.25) is 9.89 Å². The normalized spacial score (nSPS) is 22.8. The number of likely N-dealkylation sites (N-methyl/N-ethyl adjacent to an activating group) is 1. The Bertz CT molecular complexity index is 672. The molecule has 1 saturated heterocycles. The van der Waals surface area contributed by atoms with Crippen molar-refractivity contribution in [3.63, 3.8) is 0 Å². The average molecular weight is 292 g/mol. The molecule has 1 amide bonds. The van der Waals surface area contributed by atoms with Crippen LogP contribution in [-0.4, -0.2) is 60.4 Å². The van der Waals surface area contributed by atoms with E-state index in [0.717, 1.165) is 6.54 Å². The lowest BCUT2D eigenvalue weighted by Gasteiger charge is -2.18. The number of amides is 1. The van der Waals surface area contributed by atoms with Gasteiger partial charge in [0.15, 0.2) is 0 Å². The Balaban J connectivity index is 1.87. The van der Waals surface area contributed by atoms with Crippen LogP contribution >= 0.6 is 0 Å². The highest BCUT2D eigenvalue weighted by atomic mass is 19.1. The van der Waals surface area contributed by atoms with Crippen LogP contribution in [0.3, 0.4) is 0 Å². The monoisotopic (exact) mass is 292 g/mol. The lowest BCUT2D eigenvalue weighted by molar-refractivity contribution is 0.0764. The fourth-order valence-corrected chi connectivity index (χ4v) is 2.80. The summed E-state index contributed by atoms with van der Waals surface area (Å²) in [4.78, 5) is 14.5. The van der Waals surface area contributed by atoms with Crippen LogP contribution in [0.15, 0.2) is 18.3 Å². The molecule has 1 aliphatic heterocycles. The summed E-state index contributed by atoms with van der Waals surface area (Å²) in [6, 6.07) is 2.67. The third kappa shape index (κ3) is 2.50. The standard InChI is InChI=1S/C14H17FN4O2/c1-19-6-11(12(7-19)21-2)17-14(20)13-8-5-16-18-10(8)4-3-9(13)15/h3-5,11-12H,6-7H2,1-2H3,(H,16,18)(H,17,20)/t11-,12-/m1/s1. The molecule has 2 N–H and O–H groups in total. The van der Waals surface area contributed by atoms with Crippen molar-refractivity contribution in [2.75, 3.05) is 27.2 Å². The Morgan fingerprint density at radius 3 is 3.10 bits per heavy atom. The van der Waals surface area contributed by atoms with E-state index in [2.05, 4.69) is 20.4 Å². The number of likely N-dealkylation sites (tertiary alicyclic amines) is 1. The molecule has 0 spiro atoms. The molecule has 1 aliphatic rings. The van der Waals surface area contributed by atoms with Crippen molar-refractivity contribution in [2.45, 2.75) is 12.1 Å². The number of fused-ring (bicyclic) bond motifs is 1. The van der Waals surface area contributed by atoms with Gasteiger partial charge in [-0.25, -0.2) is 4.39 Å². The molecular weight excluding hydrogens is 275 g/mol. The van der Waals surface area contributed by atoms with Crippen LogP contribution in [0.1, 0.15) is 10.4 Å². The molecule has 6 nitrogen and oxygen atoms in total. The third-order valence-corrected chi connectivity index (χ3v) is 3.87. The molecule has 7 heteroatoms. The highest BCUT2D eigenvalue weighted by Gasteiger charge is 2.33. The van der Waals surface area contributed by atoms with Crippen molar-refractivity contribution in [3.8, 4) is 0 Å². The number of ether oxygens (including phenoxy) is 1. The average Bonchev–Trinajstić information content (AvgIpc) is 3.04. The molecule has 0 aliphatic carbocycles. The second-order valence-corrected chi connectivity index (χ2v) is 5.33. The minimum Gasteiger partial charge on any atom is -0.378 e. The first kappa shape index (κ1) is 14.0. The Kier molecular flexibility index (Phi) is 3.60. The van der Waals surface area contributed by atoms with Crippen molar-refractivity contribution in [2.24, 2.45) is 0 Å². The summed E-state index contributed by atoms with van der Waals surface area (Å²) in [6.07, 6.45) is 1.37. The second kappa shape index (κ2) is 5.42. The van der Waals surface area contributed by atoms with Gasteiger partial charge in [-0.15, -0.1) is 0 Å². The van der Waals surface area contributed by atoms with Crippen molar-refractivity contribution in [1.82, 2.24) is 20.4 Å². The van der Waals surface area contributed by atoms with Crippen LogP contribution in [0, 0.1) is 5.82 Å². The third-order valence-electron chi connectivity index (χ3n) is 3.87. The fourth-order valence-electron chi connectivity index (χ4n) is 2.80. The van der Waals surface area contributed by atoms with E-state index in [0.29, 0.717) is 17.4 Å². The second-order valence-electron chi connectivity index (χ2n) is 5.33. The number of carbonyl (C=O) groups excluding carboxylic acids is 1. The summed E-state index contributed by atoms with van der Waals surface area (Å²) in [5, 5.41) is 9.93. The SMILES string of the molecule is CO[C@@H]1CN(C)C[C@H]1NC(=O)c1c(F)ccc2[nH]ncc12. The van der Waals surface area contributed by atoms with Gasteiger partial charge in [0.2, 0.25) is 0 Å². The van der Waals surface area contributed by atoms with Crippen molar-refractivity contribution in [1.29, 1.82) is 0 Å². The number of aromatic amines is 1. The first-order valence-corrected chi connectivity index (χ1v) is 6.74. The molecule has 2 heterocycles. The maximum absolute atomic E-state index is 14.0. The van der Waals surface area contributed by atoms with Gasteiger partial charge >= 0.3 is 0 Å². The van der Waals surface area contributed by atoms with Crippen LogP contribution in [0.4, 0.5) is 4.39 Å². The van der Waals surface area contributed by atoms with E-state index in [1.165, 1.54) is 12.3 Å². The largest absolute Gasteiger partial charge is 0.378 e. The van der Waals surface area contributed by atoms with Crippen LogP contribution in [0.25, 0.3) is 10.9 Å². The quantitative estimate of drug-likeness (QED) is 0.876. The summed E-state index contributed by atoms with van der Waals surface area (Å²) in [5.74, 6) is -0.997. The van der Waals surface area contributed by atoms with E-state index in [1.807, 2.05) is 7.05 Å². The molecule has 0 unspecified atom stereocenters. The predicted molar refractivity (Wildman–Crippen MR) is 75.6 cm³/mol. The van der Waals surface area contributed by atoms with Gasteiger partial charge in [-0.05, 0) is 19.2 Å². The number of halogens is 1. The number of nitrogens with zero attached hydrogens (tertiary/aromatic N) is 2. The van der Waals surface area contributed by atoms with E-state index < -0.39 is 11.7 Å². The van der Waals surface area contributed by atoms with Gasteiger partial charge < -0.3 is 15.0 Å². The fraction of sp³-hybridized carbons (Fsp3) is 0.429. The van der Waals surface area contributed by atoms with Gasteiger partial charge in [-0.1, -0.05) is 0 Å². The smallest absolute Gasteiger partial charge is 0.255 e. The topological polar surface area (TPSA) is 70.2 Å². The van der Waals surface area contributed by atoms with E-state index in [-0.39, 0.29) is 17.7 Å². The van der Waals surface area contributed by atoms with Gasteiger partial charge in [-0.2, -0.15) is 5.10 Å². The molecular formula is C14H17FN4O2.